The van der Waals surface area contributed by atoms with E-state index in [1.165, 1.54) is 0 Å². The Kier molecular flexibility index (Phi) is 7.74. The summed E-state index contributed by atoms with van der Waals surface area (Å²) in [4.78, 5) is 0. The predicted octanol–water partition coefficient (Wildman–Crippen LogP) is 14.4. The van der Waals surface area contributed by atoms with E-state index in [0.717, 1.165) is 123 Å². The van der Waals surface area contributed by atoms with Gasteiger partial charge in [-0.3, -0.25) is 0 Å². The lowest BCUT2D eigenvalue weighted by Crippen LogP contribution is -2.78. The van der Waals surface area contributed by atoms with Crippen LogP contribution >= 0.6 is 0 Å². The molecule has 4 heteroatoms. The summed E-state index contributed by atoms with van der Waals surface area (Å²) in [7, 11) is 0. The predicted molar refractivity (Wildman–Crippen MR) is 261 cm³/mol. The van der Waals surface area contributed by atoms with Crippen LogP contribution < -0.4 is 13.9 Å². The van der Waals surface area contributed by atoms with Crippen molar-refractivity contribution in [1.82, 2.24) is 4.57 Å². The van der Waals surface area contributed by atoms with Crippen LogP contribution in [0.25, 0.3) is 83.9 Å². The van der Waals surface area contributed by atoms with Gasteiger partial charge in [-0.15, -0.1) is 9.13 Å². The van der Waals surface area contributed by atoms with E-state index in [2.05, 4.69) is 167 Å². The van der Waals surface area contributed by atoms with Crippen LogP contribution in [0.2, 0.25) is 0 Å². The van der Waals surface area contributed by atoms with Crippen LogP contribution in [0.5, 0.6) is 5.75 Å². The molecule has 0 aliphatic carbocycles. The maximum absolute atomic E-state index is 9.17. The molecule has 1 atom stereocenters. The summed E-state index contributed by atoms with van der Waals surface area (Å²) in [5, 5.41) is 0. The Morgan fingerprint density at radius 3 is 1.94 bits per heavy atom. The van der Waals surface area contributed by atoms with Gasteiger partial charge in [-0.1, -0.05) is 139 Å². The molecule has 7 aromatic carbocycles. The van der Waals surface area contributed by atoms with Gasteiger partial charge in [0.05, 0.1) is 5.56 Å². The number of fused-ring (bicyclic) bond motifs is 5. The largest absolute Gasteiger partial charge is 0.499 e. The zero-order chi connectivity index (χ0) is 46.5. The molecule has 5 heterocycles. The van der Waals surface area contributed by atoms with Gasteiger partial charge in [0.2, 0.25) is 5.69 Å². The van der Waals surface area contributed by atoms with Crippen molar-refractivity contribution in [2.24, 2.45) is 0 Å². The fourth-order valence-electron chi connectivity index (χ4n) is 11.0. The van der Waals surface area contributed by atoms with E-state index in [9.17, 15) is 0 Å². The van der Waals surface area contributed by atoms with Crippen LogP contribution in [-0.2, 0) is 5.85 Å². The monoisotopic (exact) mass is 834 g/mol. The van der Waals surface area contributed by atoms with Crippen molar-refractivity contribution in [2.75, 3.05) is 0 Å². The molecule has 3 aliphatic heterocycles. The quantitative estimate of drug-likeness (QED) is 0.147. The van der Waals surface area contributed by atoms with Crippen LogP contribution in [0.1, 0.15) is 96.7 Å². The topological polar surface area (TPSA) is 21.9 Å². The lowest BCUT2D eigenvalue weighted by Gasteiger charge is -2.33. The van der Waals surface area contributed by atoms with Gasteiger partial charge in [0.1, 0.15) is 16.8 Å². The van der Waals surface area contributed by atoms with Crippen molar-refractivity contribution >= 4 is 11.0 Å². The average Bonchev–Trinajstić information content (AvgIpc) is 3.80. The molecule has 1 spiro atoms. The molecule has 0 amide bonds. The number of para-hydroxylation sites is 1. The number of benzene rings is 7. The molecule has 312 valence electrons. The Labute approximate surface area is 380 Å². The highest BCUT2D eigenvalue weighted by molar-refractivity contribution is 5.99. The Morgan fingerprint density at radius 1 is 0.562 bits per heavy atom. The maximum Gasteiger partial charge on any atom is 0.499 e. The highest BCUT2D eigenvalue weighted by Crippen LogP contribution is 2.55. The van der Waals surface area contributed by atoms with Crippen molar-refractivity contribution in [3.05, 3.63) is 191 Å². The number of aromatic nitrogens is 3. The summed E-state index contributed by atoms with van der Waals surface area (Å²) in [6.07, 6.45) is 2.22. The number of aryl methyl sites for hydroxylation is 2. The number of nitrogens with zero attached hydrogens (tertiary/aromatic N) is 3. The molecule has 0 N–H and O–H groups in total. The van der Waals surface area contributed by atoms with Crippen molar-refractivity contribution in [2.45, 2.75) is 78.9 Å². The molecule has 0 saturated heterocycles. The third-order valence-corrected chi connectivity index (χ3v) is 13.9. The van der Waals surface area contributed by atoms with Gasteiger partial charge in [0.15, 0.2) is 23.0 Å². The number of imidazole rings is 1. The van der Waals surface area contributed by atoms with Gasteiger partial charge >= 0.3 is 11.7 Å². The Morgan fingerprint density at radius 2 is 1.23 bits per heavy atom. The molecular weight excluding hydrogens is 779 g/mol. The average molecular weight is 835 g/mol. The van der Waals surface area contributed by atoms with Gasteiger partial charge < -0.3 is 4.74 Å². The summed E-state index contributed by atoms with van der Waals surface area (Å²) >= 11 is 0. The summed E-state index contributed by atoms with van der Waals surface area (Å²) in [5.41, 5.74) is 21.2. The fourth-order valence-corrected chi connectivity index (χ4v) is 11.0. The van der Waals surface area contributed by atoms with Gasteiger partial charge in [-0.05, 0) is 135 Å². The van der Waals surface area contributed by atoms with Crippen LogP contribution in [0.15, 0.2) is 158 Å². The fraction of sp³-hybridized carbons (Fsp3) is 0.200. The van der Waals surface area contributed by atoms with E-state index in [1.807, 2.05) is 59.7 Å². The van der Waals surface area contributed by atoms with Gasteiger partial charge in [0, 0.05) is 27.4 Å². The zero-order valence-corrected chi connectivity index (χ0v) is 37.8. The maximum atomic E-state index is 9.17. The second kappa shape index (κ2) is 14.0. The van der Waals surface area contributed by atoms with Crippen LogP contribution in [0.3, 0.4) is 0 Å². The molecule has 2 aromatic heterocycles. The minimum absolute atomic E-state index is 0.691. The minimum atomic E-state index is -1.11. The smallest absolute Gasteiger partial charge is 0.392 e. The van der Waals surface area contributed by atoms with E-state index in [0.29, 0.717) is 0 Å². The van der Waals surface area contributed by atoms with Crippen molar-refractivity contribution in [3.8, 4) is 78.6 Å². The molecule has 4 nitrogen and oxygen atoms in total. The molecular formula is C60H53N3O+2. The standard InChI is InChI=1S/C60H53N3O/c1-35(2)40-20-22-42(23-21-40)44-28-29-61-54(34-44)51-33-45(41-14-10-9-11-15-41)32-50-49-18-13-19-53-57(49)63-59(52-31-38(7)30-39(8)58(52)64-60(61,63)56(50)51)62(53)46-26-24-43(25-27-46)55-47(36(3)4)16-12-17-48(55)37(5)6/h9-37H,1-8H3/q+2/i35D,36D,37D. The number of pyridine rings is 1. The van der Waals surface area contributed by atoms with Gasteiger partial charge in [0.25, 0.3) is 0 Å². The van der Waals surface area contributed by atoms with E-state index in [4.69, 9.17) is 8.85 Å². The molecule has 3 aliphatic rings. The molecule has 12 rings (SSSR count). The van der Waals surface area contributed by atoms with Crippen molar-refractivity contribution in [3.63, 3.8) is 0 Å². The Bertz CT molecular complexity index is 3520. The summed E-state index contributed by atoms with van der Waals surface area (Å²) in [6.45, 7) is 15.9. The third-order valence-electron chi connectivity index (χ3n) is 13.9. The first-order chi connectivity index (χ1) is 31.9. The SMILES string of the molecule is [2H]C(C)(C)c1ccc(-c2cc[n+]3c(c2)-c2cc(-c4ccccc4)cc4c2C32Oc3c(C)cc(C)cc3-c3n(-c5ccc(-c6c(C([2H])(C)C)cccc6C([2H])(C)C)cc5)c5cccc-4c5[n+]32)cc1. The van der Waals surface area contributed by atoms with E-state index in [1.54, 1.807) is 0 Å². The van der Waals surface area contributed by atoms with Crippen molar-refractivity contribution in [1.29, 1.82) is 0 Å². The first-order valence-corrected chi connectivity index (χ1v) is 22.5. The molecule has 0 bridgehead atoms. The molecule has 9 aromatic rings. The normalized spacial score (nSPS) is 16.3. The van der Waals surface area contributed by atoms with Gasteiger partial charge in [-0.2, -0.15) is 4.57 Å². The minimum Gasteiger partial charge on any atom is -0.392 e. The summed E-state index contributed by atoms with van der Waals surface area (Å²) < 4.78 is 42.1. The molecule has 1 unspecified atom stereocenters. The number of ether oxygens (including phenoxy) is 1. The van der Waals surface area contributed by atoms with Crippen LogP contribution in [0.4, 0.5) is 0 Å². The van der Waals surface area contributed by atoms with E-state index in [-0.39, 0.29) is 0 Å². The Balaban J connectivity index is 1.16. The first-order valence-electron chi connectivity index (χ1n) is 24.0. The van der Waals surface area contributed by atoms with Crippen LogP contribution in [-0.4, -0.2) is 4.57 Å². The summed E-state index contributed by atoms with van der Waals surface area (Å²) in [6, 6.07) is 54.4. The lowest BCUT2D eigenvalue weighted by molar-refractivity contribution is -0.997. The zero-order valence-electron chi connectivity index (χ0n) is 40.8. The summed E-state index contributed by atoms with van der Waals surface area (Å²) in [5.74, 6) is -1.65. The highest BCUT2D eigenvalue weighted by atomic mass is 16.5. The second-order valence-corrected chi connectivity index (χ2v) is 18.7. The highest BCUT2D eigenvalue weighted by Gasteiger charge is 2.68. The van der Waals surface area contributed by atoms with Gasteiger partial charge in [-0.25, -0.2) is 0 Å². The Hall–Kier alpha value is -7.04. The first kappa shape index (κ1) is 35.4. The number of hydrogen-bond acceptors (Lipinski definition) is 1. The molecule has 0 radical (unpaired) electrons. The molecule has 0 saturated carbocycles. The second-order valence-electron chi connectivity index (χ2n) is 18.7. The number of rotatable bonds is 7. The molecule has 0 fully saturated rings. The lowest BCUT2D eigenvalue weighted by atomic mass is 9.85. The molecule has 64 heavy (non-hydrogen) atoms. The van der Waals surface area contributed by atoms with E-state index >= 15 is 0 Å². The van der Waals surface area contributed by atoms with Crippen molar-refractivity contribution < 1.29 is 18.0 Å². The van der Waals surface area contributed by atoms with Crippen LogP contribution in [0, 0.1) is 13.8 Å². The van der Waals surface area contributed by atoms with E-state index < -0.39 is 23.5 Å². The number of hydrogen-bond donors (Lipinski definition) is 0. The third kappa shape index (κ3) is 5.35.